The molecule has 6 nitrogen and oxygen atoms in total. The number of carboxylic acids is 1. The smallest absolute Gasteiger partial charge is 0.307 e. The Hall–Kier alpha value is -3.15. The van der Waals surface area contributed by atoms with Crippen molar-refractivity contribution in [2.75, 3.05) is 10.6 Å². The van der Waals surface area contributed by atoms with Gasteiger partial charge in [0.2, 0.25) is 11.8 Å². The van der Waals surface area contributed by atoms with E-state index < -0.39 is 17.8 Å². The first-order chi connectivity index (χ1) is 13.9. The topological polar surface area (TPSA) is 95.5 Å². The standard InChI is InChI=1S/C23H26N2O4/c1-15-13-17(24-22(27)18-9-5-6-10-19(18)23(28)29)11-12-20(15)25-21(26)14-16-7-3-2-4-8-16/h2-4,7-8,11-13,18-19H,5-6,9-10,14H2,1H3,(H,24,27)(H,25,26)(H,28,29)/t18-,19+/m0/s1. The average Bonchev–Trinajstić information content (AvgIpc) is 2.70. The summed E-state index contributed by atoms with van der Waals surface area (Å²) in [5.41, 5.74) is 3.04. The van der Waals surface area contributed by atoms with E-state index in [1.54, 1.807) is 18.2 Å². The lowest BCUT2D eigenvalue weighted by Gasteiger charge is -2.27. The van der Waals surface area contributed by atoms with Gasteiger partial charge in [0.1, 0.15) is 0 Å². The molecule has 0 radical (unpaired) electrons. The number of hydrogen-bond acceptors (Lipinski definition) is 3. The molecule has 6 heteroatoms. The molecule has 2 aromatic rings. The number of aryl methyl sites for hydroxylation is 1. The van der Waals surface area contributed by atoms with Crippen molar-refractivity contribution in [2.45, 2.75) is 39.0 Å². The molecular weight excluding hydrogens is 368 g/mol. The molecule has 1 fully saturated rings. The Kier molecular flexibility index (Phi) is 6.65. The largest absolute Gasteiger partial charge is 0.481 e. The number of amides is 2. The van der Waals surface area contributed by atoms with Crippen molar-refractivity contribution in [3.63, 3.8) is 0 Å². The molecule has 1 aliphatic rings. The lowest BCUT2D eigenvalue weighted by Crippen LogP contribution is -2.36. The van der Waals surface area contributed by atoms with Crippen molar-refractivity contribution in [3.8, 4) is 0 Å². The molecule has 2 atom stereocenters. The maximum atomic E-state index is 12.6. The first-order valence-electron chi connectivity index (χ1n) is 9.92. The summed E-state index contributed by atoms with van der Waals surface area (Å²) in [6.45, 7) is 1.86. The van der Waals surface area contributed by atoms with Gasteiger partial charge in [0.05, 0.1) is 18.3 Å². The van der Waals surface area contributed by atoms with Gasteiger partial charge in [-0.05, 0) is 49.1 Å². The summed E-state index contributed by atoms with van der Waals surface area (Å²) < 4.78 is 0. The summed E-state index contributed by atoms with van der Waals surface area (Å²) in [7, 11) is 0. The fourth-order valence-electron chi connectivity index (χ4n) is 3.83. The predicted molar refractivity (Wildman–Crippen MR) is 112 cm³/mol. The molecule has 2 amide bonds. The van der Waals surface area contributed by atoms with Crippen LogP contribution in [0.2, 0.25) is 0 Å². The van der Waals surface area contributed by atoms with Gasteiger partial charge in [-0.1, -0.05) is 43.2 Å². The normalized spacial score (nSPS) is 18.7. The van der Waals surface area contributed by atoms with E-state index in [0.717, 1.165) is 24.0 Å². The number of aliphatic carboxylic acids is 1. The van der Waals surface area contributed by atoms with Gasteiger partial charge < -0.3 is 15.7 Å². The molecule has 29 heavy (non-hydrogen) atoms. The molecule has 0 unspecified atom stereocenters. The number of carbonyl (C=O) groups excluding carboxylic acids is 2. The monoisotopic (exact) mass is 394 g/mol. The van der Waals surface area contributed by atoms with Crippen LogP contribution in [0.1, 0.15) is 36.8 Å². The maximum absolute atomic E-state index is 12.6. The number of rotatable bonds is 6. The summed E-state index contributed by atoms with van der Waals surface area (Å²) in [5.74, 6) is -2.40. The van der Waals surface area contributed by atoms with Crippen molar-refractivity contribution >= 4 is 29.2 Å². The number of hydrogen-bond donors (Lipinski definition) is 3. The number of carbonyl (C=O) groups is 3. The third-order valence-electron chi connectivity index (χ3n) is 5.40. The van der Waals surface area contributed by atoms with Crippen LogP contribution in [0, 0.1) is 18.8 Å². The second-order valence-electron chi connectivity index (χ2n) is 7.57. The van der Waals surface area contributed by atoms with Crippen LogP contribution >= 0.6 is 0 Å². The van der Waals surface area contributed by atoms with Gasteiger partial charge in [-0.3, -0.25) is 14.4 Å². The zero-order valence-corrected chi connectivity index (χ0v) is 16.5. The van der Waals surface area contributed by atoms with Gasteiger partial charge in [0, 0.05) is 11.4 Å². The number of anilines is 2. The van der Waals surface area contributed by atoms with Crippen LogP contribution in [0.3, 0.4) is 0 Å². The van der Waals surface area contributed by atoms with Gasteiger partial charge in [0.15, 0.2) is 0 Å². The van der Waals surface area contributed by atoms with Crippen molar-refractivity contribution in [2.24, 2.45) is 11.8 Å². The lowest BCUT2D eigenvalue weighted by molar-refractivity contribution is -0.147. The van der Waals surface area contributed by atoms with Crippen molar-refractivity contribution < 1.29 is 19.5 Å². The van der Waals surface area contributed by atoms with Gasteiger partial charge in [-0.15, -0.1) is 0 Å². The SMILES string of the molecule is Cc1cc(NC(=O)[C@H]2CCCC[C@H]2C(=O)O)ccc1NC(=O)Cc1ccccc1. The quantitative estimate of drug-likeness (QED) is 0.690. The van der Waals surface area contributed by atoms with Gasteiger partial charge in [0.25, 0.3) is 0 Å². The molecule has 2 aromatic carbocycles. The summed E-state index contributed by atoms with van der Waals surface area (Å²) in [6.07, 6.45) is 3.13. The Labute approximate surface area is 170 Å². The Balaban J connectivity index is 1.62. The summed E-state index contributed by atoms with van der Waals surface area (Å²) >= 11 is 0. The van der Waals surface area contributed by atoms with Crippen LogP contribution in [-0.4, -0.2) is 22.9 Å². The minimum absolute atomic E-state index is 0.109. The van der Waals surface area contributed by atoms with E-state index in [-0.39, 0.29) is 18.2 Å². The zero-order chi connectivity index (χ0) is 20.8. The van der Waals surface area contributed by atoms with Crippen LogP contribution in [0.5, 0.6) is 0 Å². The minimum Gasteiger partial charge on any atom is -0.481 e. The molecule has 0 bridgehead atoms. The van der Waals surface area contributed by atoms with E-state index in [1.165, 1.54) is 0 Å². The first-order valence-corrected chi connectivity index (χ1v) is 9.92. The van der Waals surface area contributed by atoms with E-state index in [4.69, 9.17) is 0 Å². The van der Waals surface area contributed by atoms with Crippen LogP contribution in [0.15, 0.2) is 48.5 Å². The Morgan fingerprint density at radius 3 is 2.31 bits per heavy atom. The Morgan fingerprint density at radius 1 is 0.966 bits per heavy atom. The summed E-state index contributed by atoms with van der Waals surface area (Å²) in [6, 6.07) is 14.8. The highest BCUT2D eigenvalue weighted by molar-refractivity contribution is 5.96. The number of nitrogens with one attached hydrogen (secondary N) is 2. The second-order valence-corrected chi connectivity index (χ2v) is 7.57. The van der Waals surface area contributed by atoms with Gasteiger partial charge in [-0.2, -0.15) is 0 Å². The van der Waals surface area contributed by atoms with E-state index in [2.05, 4.69) is 10.6 Å². The van der Waals surface area contributed by atoms with Crippen LogP contribution in [0.4, 0.5) is 11.4 Å². The summed E-state index contributed by atoms with van der Waals surface area (Å²) in [4.78, 5) is 36.3. The Morgan fingerprint density at radius 2 is 1.66 bits per heavy atom. The maximum Gasteiger partial charge on any atom is 0.307 e. The number of benzene rings is 2. The zero-order valence-electron chi connectivity index (χ0n) is 16.5. The second kappa shape index (κ2) is 9.37. The molecule has 0 saturated heterocycles. The van der Waals surface area contributed by atoms with Crippen molar-refractivity contribution in [3.05, 3.63) is 59.7 Å². The number of carboxylic acid groups (broad SMARTS) is 1. The lowest BCUT2D eigenvalue weighted by atomic mass is 9.78. The summed E-state index contributed by atoms with van der Waals surface area (Å²) in [5, 5.41) is 15.1. The van der Waals surface area contributed by atoms with Gasteiger partial charge >= 0.3 is 5.97 Å². The van der Waals surface area contributed by atoms with E-state index in [9.17, 15) is 19.5 Å². The average molecular weight is 394 g/mol. The first kappa shape index (κ1) is 20.6. The van der Waals surface area contributed by atoms with Crippen molar-refractivity contribution in [1.82, 2.24) is 0 Å². The third kappa shape index (κ3) is 5.44. The van der Waals surface area contributed by atoms with E-state index in [0.29, 0.717) is 24.2 Å². The van der Waals surface area contributed by atoms with Crippen molar-refractivity contribution in [1.29, 1.82) is 0 Å². The fraction of sp³-hybridized carbons (Fsp3) is 0.348. The molecule has 0 aliphatic heterocycles. The molecular formula is C23H26N2O4. The third-order valence-corrected chi connectivity index (χ3v) is 5.40. The predicted octanol–water partition coefficient (Wildman–Crippen LogP) is 4.01. The van der Waals surface area contributed by atoms with E-state index in [1.807, 2.05) is 37.3 Å². The van der Waals surface area contributed by atoms with Crippen LogP contribution < -0.4 is 10.6 Å². The molecule has 0 spiro atoms. The van der Waals surface area contributed by atoms with Crippen LogP contribution in [0.25, 0.3) is 0 Å². The highest BCUT2D eigenvalue weighted by Gasteiger charge is 2.35. The molecule has 0 aromatic heterocycles. The highest BCUT2D eigenvalue weighted by Crippen LogP contribution is 2.31. The molecule has 1 saturated carbocycles. The van der Waals surface area contributed by atoms with Crippen LogP contribution in [-0.2, 0) is 20.8 Å². The molecule has 1 aliphatic carbocycles. The minimum atomic E-state index is -0.905. The van der Waals surface area contributed by atoms with Gasteiger partial charge in [-0.25, -0.2) is 0 Å². The molecule has 3 N–H and O–H groups in total. The fourth-order valence-corrected chi connectivity index (χ4v) is 3.83. The Bertz CT molecular complexity index is 895. The van der Waals surface area contributed by atoms with E-state index >= 15 is 0 Å². The molecule has 152 valence electrons. The molecule has 0 heterocycles. The highest BCUT2D eigenvalue weighted by atomic mass is 16.4. The molecule has 3 rings (SSSR count).